The van der Waals surface area contributed by atoms with Crippen LogP contribution < -0.4 is 0 Å². The predicted octanol–water partition coefficient (Wildman–Crippen LogP) is 0.828. The number of carbonyl (C=O) groups is 1. The summed E-state index contributed by atoms with van der Waals surface area (Å²) in [4.78, 5) is 24.9. The molecule has 0 radical (unpaired) electrons. The Hall–Kier alpha value is -2.28. The third kappa shape index (κ3) is 2.99. The summed E-state index contributed by atoms with van der Waals surface area (Å²) < 4.78 is 1.55. The van der Waals surface area contributed by atoms with Crippen molar-refractivity contribution in [3.8, 4) is 5.82 Å². The smallest absolute Gasteiger partial charge is 0.254 e. The van der Waals surface area contributed by atoms with E-state index >= 15 is 0 Å². The zero-order valence-corrected chi connectivity index (χ0v) is 12.9. The van der Waals surface area contributed by atoms with Crippen LogP contribution in [0, 0.1) is 0 Å². The van der Waals surface area contributed by atoms with E-state index in [0.29, 0.717) is 17.4 Å². The quantitative estimate of drug-likeness (QED) is 0.840. The van der Waals surface area contributed by atoms with Gasteiger partial charge in [-0.05, 0) is 39.1 Å². The van der Waals surface area contributed by atoms with E-state index in [4.69, 9.17) is 0 Å². The predicted molar refractivity (Wildman–Crippen MR) is 81.8 cm³/mol. The Bertz CT molecular complexity index is 631. The van der Waals surface area contributed by atoms with E-state index in [9.17, 15) is 4.79 Å². The normalized spacial score (nSPS) is 16.2. The molecule has 0 saturated carbocycles. The number of hydrogen-bond acceptors (Lipinski definition) is 5. The Morgan fingerprint density at radius 3 is 2.73 bits per heavy atom. The second-order valence-electron chi connectivity index (χ2n) is 5.73. The molecule has 1 saturated heterocycles. The fourth-order valence-electron chi connectivity index (χ4n) is 2.77. The molecule has 0 unspecified atom stereocenters. The first-order chi connectivity index (χ1) is 10.6. The summed E-state index contributed by atoms with van der Waals surface area (Å²) in [5.41, 5.74) is 0.642. The Kier molecular flexibility index (Phi) is 4.15. The molecule has 1 amide bonds. The summed E-state index contributed by atoms with van der Waals surface area (Å²) in [5, 5.41) is 4.04. The van der Waals surface area contributed by atoms with Crippen LogP contribution in [0.15, 0.2) is 31.0 Å². The summed E-state index contributed by atoms with van der Waals surface area (Å²) in [6.45, 7) is 1.59. The lowest BCUT2D eigenvalue weighted by Crippen LogP contribution is -2.44. The summed E-state index contributed by atoms with van der Waals surface area (Å²) in [7, 11) is 4.19. The number of carbonyl (C=O) groups excluding carboxylic acids is 1. The molecule has 0 N–H and O–H groups in total. The second-order valence-corrected chi connectivity index (χ2v) is 5.73. The number of amides is 1. The molecule has 1 aliphatic rings. The maximum absolute atomic E-state index is 12.6. The lowest BCUT2D eigenvalue weighted by Gasteiger charge is -2.35. The maximum atomic E-state index is 12.6. The number of hydrogen-bond donors (Lipinski definition) is 0. The van der Waals surface area contributed by atoms with Gasteiger partial charge in [0, 0.05) is 30.9 Å². The van der Waals surface area contributed by atoms with E-state index in [0.717, 1.165) is 25.9 Å². The average molecular weight is 300 g/mol. The van der Waals surface area contributed by atoms with Crippen LogP contribution in [0.4, 0.5) is 0 Å². The van der Waals surface area contributed by atoms with Crippen molar-refractivity contribution in [1.29, 1.82) is 0 Å². The van der Waals surface area contributed by atoms with Crippen LogP contribution in [0.25, 0.3) is 5.82 Å². The monoisotopic (exact) mass is 300 g/mol. The molecule has 0 spiro atoms. The Labute approximate surface area is 129 Å². The fraction of sp³-hybridized carbons (Fsp3) is 0.467. The van der Waals surface area contributed by atoms with Gasteiger partial charge in [-0.25, -0.2) is 14.6 Å². The minimum atomic E-state index is 0.0565. The molecule has 0 atom stereocenters. The Morgan fingerprint density at radius 2 is 2.09 bits per heavy atom. The van der Waals surface area contributed by atoms with Crippen LogP contribution in [0.3, 0.4) is 0 Å². The molecule has 7 heteroatoms. The molecule has 1 fully saturated rings. The zero-order chi connectivity index (χ0) is 15.5. The largest absolute Gasteiger partial charge is 0.339 e. The van der Waals surface area contributed by atoms with E-state index in [1.54, 1.807) is 29.3 Å². The van der Waals surface area contributed by atoms with Crippen molar-refractivity contribution in [2.24, 2.45) is 0 Å². The summed E-state index contributed by atoms with van der Waals surface area (Å²) in [5.74, 6) is 0.660. The molecule has 0 aliphatic carbocycles. The van der Waals surface area contributed by atoms with E-state index < -0.39 is 0 Å². The van der Waals surface area contributed by atoms with Crippen LogP contribution in [-0.4, -0.2) is 68.7 Å². The van der Waals surface area contributed by atoms with Crippen molar-refractivity contribution < 1.29 is 4.79 Å². The number of nitrogens with zero attached hydrogens (tertiary/aromatic N) is 6. The number of piperidine rings is 1. The molecule has 2 aromatic rings. The van der Waals surface area contributed by atoms with E-state index in [-0.39, 0.29) is 5.91 Å². The second kappa shape index (κ2) is 6.23. The molecule has 7 nitrogen and oxygen atoms in total. The minimum Gasteiger partial charge on any atom is -0.339 e. The fourth-order valence-corrected chi connectivity index (χ4v) is 2.77. The van der Waals surface area contributed by atoms with Gasteiger partial charge in [-0.2, -0.15) is 5.10 Å². The number of rotatable bonds is 3. The molecule has 0 bridgehead atoms. The van der Waals surface area contributed by atoms with E-state index in [1.807, 2.05) is 4.90 Å². The van der Waals surface area contributed by atoms with E-state index in [2.05, 4.69) is 34.1 Å². The van der Waals surface area contributed by atoms with Crippen LogP contribution in [0.1, 0.15) is 23.2 Å². The molecule has 0 aromatic carbocycles. The van der Waals surface area contributed by atoms with Crippen LogP contribution in [0.5, 0.6) is 0 Å². The third-order valence-electron chi connectivity index (χ3n) is 4.13. The Morgan fingerprint density at radius 1 is 1.32 bits per heavy atom. The van der Waals surface area contributed by atoms with Gasteiger partial charge in [0.1, 0.15) is 12.7 Å². The van der Waals surface area contributed by atoms with Crippen LogP contribution in [-0.2, 0) is 0 Å². The third-order valence-corrected chi connectivity index (χ3v) is 4.13. The summed E-state index contributed by atoms with van der Waals surface area (Å²) in [6.07, 6.45) is 6.68. The standard InChI is InChI=1S/C15H20N6O/c1-19(2)13-4-7-20(8-5-13)15(22)12-3-6-17-14(9-12)21-11-16-10-18-21/h3,6,9-11,13H,4-5,7-8H2,1-2H3. The number of aromatic nitrogens is 4. The van der Waals surface area contributed by atoms with Crippen LogP contribution in [0.2, 0.25) is 0 Å². The molecular weight excluding hydrogens is 280 g/mol. The van der Waals surface area contributed by atoms with Crippen LogP contribution >= 0.6 is 0 Å². The average Bonchev–Trinajstić information content (AvgIpc) is 3.09. The minimum absolute atomic E-state index is 0.0565. The van der Waals surface area contributed by atoms with Gasteiger partial charge in [0.05, 0.1) is 0 Å². The molecule has 3 rings (SSSR count). The van der Waals surface area contributed by atoms with Crippen molar-refractivity contribution in [1.82, 2.24) is 29.5 Å². The molecule has 3 heterocycles. The zero-order valence-electron chi connectivity index (χ0n) is 12.9. The van der Waals surface area contributed by atoms with Gasteiger partial charge < -0.3 is 9.80 Å². The van der Waals surface area contributed by atoms with Crippen molar-refractivity contribution in [2.75, 3.05) is 27.2 Å². The van der Waals surface area contributed by atoms with Gasteiger partial charge in [-0.1, -0.05) is 0 Å². The van der Waals surface area contributed by atoms with Crippen molar-refractivity contribution in [2.45, 2.75) is 18.9 Å². The lowest BCUT2D eigenvalue weighted by atomic mass is 10.0. The highest BCUT2D eigenvalue weighted by Crippen LogP contribution is 2.17. The van der Waals surface area contributed by atoms with E-state index in [1.165, 1.54) is 6.33 Å². The highest BCUT2D eigenvalue weighted by Gasteiger charge is 2.24. The topological polar surface area (TPSA) is 67.2 Å². The highest BCUT2D eigenvalue weighted by molar-refractivity contribution is 5.94. The first-order valence-corrected chi connectivity index (χ1v) is 7.42. The Balaban J connectivity index is 1.72. The summed E-state index contributed by atoms with van der Waals surface area (Å²) >= 11 is 0. The van der Waals surface area contributed by atoms with Gasteiger partial charge in [0.25, 0.3) is 5.91 Å². The number of pyridine rings is 1. The van der Waals surface area contributed by atoms with Crippen molar-refractivity contribution in [3.05, 3.63) is 36.5 Å². The first kappa shape index (κ1) is 14.6. The lowest BCUT2D eigenvalue weighted by molar-refractivity contribution is 0.0663. The molecule has 116 valence electrons. The summed E-state index contributed by atoms with van der Waals surface area (Å²) in [6, 6.07) is 4.07. The van der Waals surface area contributed by atoms with Gasteiger partial charge in [-0.3, -0.25) is 4.79 Å². The first-order valence-electron chi connectivity index (χ1n) is 7.42. The van der Waals surface area contributed by atoms with Crippen molar-refractivity contribution >= 4 is 5.91 Å². The molecule has 22 heavy (non-hydrogen) atoms. The van der Waals surface area contributed by atoms with Gasteiger partial charge in [-0.15, -0.1) is 0 Å². The highest BCUT2D eigenvalue weighted by atomic mass is 16.2. The molecule has 2 aromatic heterocycles. The SMILES string of the molecule is CN(C)C1CCN(C(=O)c2ccnc(-n3cncn3)c2)CC1. The maximum Gasteiger partial charge on any atom is 0.254 e. The van der Waals surface area contributed by atoms with Gasteiger partial charge in [0.15, 0.2) is 5.82 Å². The van der Waals surface area contributed by atoms with Crippen molar-refractivity contribution in [3.63, 3.8) is 0 Å². The van der Waals surface area contributed by atoms with Gasteiger partial charge in [0.2, 0.25) is 0 Å². The molecular formula is C15H20N6O. The van der Waals surface area contributed by atoms with Gasteiger partial charge >= 0.3 is 0 Å². The number of likely N-dealkylation sites (tertiary alicyclic amines) is 1. The molecule has 1 aliphatic heterocycles.